The van der Waals surface area contributed by atoms with Gasteiger partial charge in [-0.05, 0) is 31.6 Å². The van der Waals surface area contributed by atoms with Gasteiger partial charge in [-0.2, -0.15) is 0 Å². The second-order valence-corrected chi connectivity index (χ2v) is 6.59. The number of terminal acetylenes is 1. The van der Waals surface area contributed by atoms with E-state index in [-0.39, 0.29) is 0 Å². The highest BCUT2D eigenvalue weighted by molar-refractivity contribution is 5.03. The van der Waals surface area contributed by atoms with Crippen LogP contribution < -0.4 is 0 Å². The molecular formula is C18H34O. The van der Waals surface area contributed by atoms with Gasteiger partial charge in [-0.15, -0.1) is 6.42 Å². The molecule has 1 nitrogen and oxygen atoms in total. The molecule has 0 fully saturated rings. The average molecular weight is 266 g/mol. The highest BCUT2D eigenvalue weighted by Crippen LogP contribution is 2.22. The van der Waals surface area contributed by atoms with Crippen molar-refractivity contribution in [2.45, 2.75) is 91.1 Å². The van der Waals surface area contributed by atoms with Crippen molar-refractivity contribution in [3.05, 3.63) is 0 Å². The smallest absolute Gasteiger partial charge is 0.122 e. The summed E-state index contributed by atoms with van der Waals surface area (Å²) in [4.78, 5) is 0. The summed E-state index contributed by atoms with van der Waals surface area (Å²) in [5, 5.41) is 9.73. The molecule has 0 radical (unpaired) electrons. The lowest BCUT2D eigenvalue weighted by atomic mass is 9.91. The van der Waals surface area contributed by atoms with E-state index in [1.165, 1.54) is 44.9 Å². The Balaban J connectivity index is 3.55. The first kappa shape index (κ1) is 18.5. The van der Waals surface area contributed by atoms with Gasteiger partial charge < -0.3 is 5.11 Å². The van der Waals surface area contributed by atoms with E-state index in [1.54, 1.807) is 6.92 Å². The summed E-state index contributed by atoms with van der Waals surface area (Å²) in [5.41, 5.74) is -0.908. The van der Waals surface area contributed by atoms with Gasteiger partial charge >= 0.3 is 0 Å². The molecule has 1 heteroatoms. The monoisotopic (exact) mass is 266 g/mol. The predicted octanol–water partition coefficient (Wildman–Crippen LogP) is 5.17. The Labute approximate surface area is 121 Å². The third-order valence-electron chi connectivity index (χ3n) is 4.12. The van der Waals surface area contributed by atoms with Crippen LogP contribution in [0.2, 0.25) is 0 Å². The number of unbranched alkanes of at least 4 members (excludes halogenated alkanes) is 1. The van der Waals surface area contributed by atoms with Crippen LogP contribution >= 0.6 is 0 Å². The van der Waals surface area contributed by atoms with Crippen LogP contribution in [0.15, 0.2) is 0 Å². The molecule has 0 saturated carbocycles. The molecule has 0 aliphatic rings. The van der Waals surface area contributed by atoms with Crippen molar-refractivity contribution in [1.82, 2.24) is 0 Å². The Hall–Kier alpha value is -0.480. The van der Waals surface area contributed by atoms with Crippen molar-refractivity contribution in [2.24, 2.45) is 11.8 Å². The maximum atomic E-state index is 9.73. The maximum absolute atomic E-state index is 9.73. The first-order valence-corrected chi connectivity index (χ1v) is 8.11. The van der Waals surface area contributed by atoms with E-state index in [1.807, 2.05) is 0 Å². The lowest BCUT2D eigenvalue weighted by molar-refractivity contribution is 0.107. The van der Waals surface area contributed by atoms with Crippen LogP contribution in [0.25, 0.3) is 0 Å². The van der Waals surface area contributed by atoms with Crippen molar-refractivity contribution in [2.75, 3.05) is 0 Å². The zero-order valence-electron chi connectivity index (χ0n) is 13.5. The van der Waals surface area contributed by atoms with Crippen LogP contribution in [-0.4, -0.2) is 10.7 Å². The van der Waals surface area contributed by atoms with Gasteiger partial charge in [0.25, 0.3) is 0 Å². The zero-order chi connectivity index (χ0) is 14.7. The van der Waals surface area contributed by atoms with Crippen molar-refractivity contribution in [3.63, 3.8) is 0 Å². The van der Waals surface area contributed by atoms with Gasteiger partial charge in [-0.1, -0.05) is 71.6 Å². The molecule has 0 heterocycles. The Bertz CT molecular complexity index is 249. The minimum Gasteiger partial charge on any atom is -0.378 e. The minimum absolute atomic E-state index is 0.723. The van der Waals surface area contributed by atoms with Gasteiger partial charge in [0.1, 0.15) is 5.60 Å². The molecule has 0 aliphatic heterocycles. The van der Waals surface area contributed by atoms with Crippen LogP contribution in [0.1, 0.15) is 85.5 Å². The molecule has 19 heavy (non-hydrogen) atoms. The second-order valence-electron chi connectivity index (χ2n) is 6.59. The Morgan fingerprint density at radius 2 is 1.47 bits per heavy atom. The fraction of sp³-hybridized carbons (Fsp3) is 0.889. The molecule has 0 amide bonds. The molecule has 0 aromatic heterocycles. The largest absolute Gasteiger partial charge is 0.378 e. The normalized spacial score (nSPS) is 17.5. The van der Waals surface area contributed by atoms with E-state index in [2.05, 4.69) is 26.7 Å². The predicted molar refractivity (Wildman–Crippen MR) is 85.0 cm³/mol. The zero-order valence-corrected chi connectivity index (χ0v) is 13.5. The third kappa shape index (κ3) is 11.1. The van der Waals surface area contributed by atoms with Gasteiger partial charge in [0.15, 0.2) is 0 Å². The molecule has 1 N–H and O–H groups in total. The Kier molecular flexibility index (Phi) is 10.1. The van der Waals surface area contributed by atoms with E-state index in [0.717, 1.165) is 24.7 Å². The summed E-state index contributed by atoms with van der Waals surface area (Å²) in [6.07, 6.45) is 16.3. The molecular weight excluding hydrogens is 232 g/mol. The molecule has 0 rings (SSSR count). The van der Waals surface area contributed by atoms with Gasteiger partial charge in [0, 0.05) is 0 Å². The van der Waals surface area contributed by atoms with Gasteiger partial charge in [-0.3, -0.25) is 0 Å². The third-order valence-corrected chi connectivity index (χ3v) is 4.12. The first-order chi connectivity index (χ1) is 8.91. The van der Waals surface area contributed by atoms with Gasteiger partial charge in [0.2, 0.25) is 0 Å². The summed E-state index contributed by atoms with van der Waals surface area (Å²) in [6, 6.07) is 0. The SMILES string of the molecule is C#CC(C)(O)CCCC(C)CCCC(C)CCCC. The van der Waals surface area contributed by atoms with Gasteiger partial charge in [0.05, 0.1) is 0 Å². The summed E-state index contributed by atoms with van der Waals surface area (Å²) >= 11 is 0. The van der Waals surface area contributed by atoms with Crippen LogP contribution in [0.3, 0.4) is 0 Å². The second kappa shape index (κ2) is 10.3. The number of hydrogen-bond acceptors (Lipinski definition) is 1. The lowest BCUT2D eigenvalue weighted by Gasteiger charge is -2.18. The minimum atomic E-state index is -0.908. The van der Waals surface area contributed by atoms with E-state index in [0.29, 0.717) is 0 Å². The molecule has 0 aliphatic carbocycles. The summed E-state index contributed by atoms with van der Waals surface area (Å²) in [5.74, 6) is 4.09. The van der Waals surface area contributed by atoms with Crippen molar-refractivity contribution >= 4 is 0 Å². The fourth-order valence-electron chi connectivity index (χ4n) is 2.52. The summed E-state index contributed by atoms with van der Waals surface area (Å²) < 4.78 is 0. The molecule has 0 bridgehead atoms. The summed E-state index contributed by atoms with van der Waals surface area (Å²) in [7, 11) is 0. The molecule has 0 saturated heterocycles. The number of aliphatic hydroxyl groups is 1. The van der Waals surface area contributed by atoms with Crippen molar-refractivity contribution < 1.29 is 5.11 Å². The molecule has 0 aromatic carbocycles. The van der Waals surface area contributed by atoms with Crippen LogP contribution in [0.5, 0.6) is 0 Å². The molecule has 0 spiro atoms. The summed E-state index contributed by atoms with van der Waals surface area (Å²) in [6.45, 7) is 8.69. The van der Waals surface area contributed by atoms with E-state index < -0.39 is 5.60 Å². The fourth-order valence-corrected chi connectivity index (χ4v) is 2.52. The molecule has 3 unspecified atom stereocenters. The Morgan fingerprint density at radius 3 is 1.95 bits per heavy atom. The highest BCUT2D eigenvalue weighted by atomic mass is 16.3. The van der Waals surface area contributed by atoms with E-state index in [9.17, 15) is 5.11 Å². The van der Waals surface area contributed by atoms with Crippen molar-refractivity contribution in [1.29, 1.82) is 0 Å². The van der Waals surface area contributed by atoms with E-state index >= 15 is 0 Å². The first-order valence-electron chi connectivity index (χ1n) is 8.11. The van der Waals surface area contributed by atoms with Crippen LogP contribution in [0.4, 0.5) is 0 Å². The lowest BCUT2D eigenvalue weighted by Crippen LogP contribution is -2.20. The number of rotatable bonds is 11. The maximum Gasteiger partial charge on any atom is 0.122 e. The van der Waals surface area contributed by atoms with Crippen LogP contribution in [0, 0.1) is 24.2 Å². The average Bonchev–Trinajstić information content (AvgIpc) is 2.36. The number of hydrogen-bond donors (Lipinski definition) is 1. The molecule has 112 valence electrons. The van der Waals surface area contributed by atoms with Crippen LogP contribution in [-0.2, 0) is 0 Å². The highest BCUT2D eigenvalue weighted by Gasteiger charge is 2.16. The standard InChI is InChI=1S/C18H34O/c1-6-8-11-16(3)12-9-13-17(4)14-10-15-18(5,19)7-2/h2,16-17,19H,6,8-15H2,1,3-5H3. The quantitative estimate of drug-likeness (QED) is 0.511. The molecule has 3 atom stereocenters. The molecule has 0 aromatic rings. The van der Waals surface area contributed by atoms with E-state index in [4.69, 9.17) is 6.42 Å². The van der Waals surface area contributed by atoms with Gasteiger partial charge in [-0.25, -0.2) is 0 Å². The van der Waals surface area contributed by atoms with Crippen molar-refractivity contribution in [3.8, 4) is 12.3 Å². The topological polar surface area (TPSA) is 20.2 Å². The Morgan fingerprint density at radius 1 is 1.00 bits per heavy atom.